The summed E-state index contributed by atoms with van der Waals surface area (Å²) in [6.45, 7) is 4.08. The molecule has 1 rings (SSSR count). The quantitative estimate of drug-likeness (QED) is 0.658. The molecule has 0 saturated heterocycles. The van der Waals surface area contributed by atoms with Crippen LogP contribution in [0.5, 0.6) is 0 Å². The Hall–Kier alpha value is -1.17. The number of carboxylic acid groups (broad SMARTS) is 1. The van der Waals surface area contributed by atoms with E-state index < -0.39 is 12.0 Å². The fourth-order valence-corrected chi connectivity index (χ4v) is 2.12. The van der Waals surface area contributed by atoms with Gasteiger partial charge < -0.3 is 15.3 Å². The molecule has 2 amide bonds. The Kier molecular flexibility index (Phi) is 6.04. The van der Waals surface area contributed by atoms with Crippen molar-refractivity contribution in [3.05, 3.63) is 12.7 Å². The van der Waals surface area contributed by atoms with Crippen LogP contribution >= 0.6 is 11.8 Å². The zero-order valence-corrected chi connectivity index (χ0v) is 11.4. The average Bonchev–Trinajstić information content (AvgIpc) is 3.14. The molecular formula is C12H20N2O3S. The Morgan fingerprint density at radius 1 is 1.61 bits per heavy atom. The minimum Gasteiger partial charge on any atom is -0.480 e. The van der Waals surface area contributed by atoms with Gasteiger partial charge in [0.15, 0.2) is 0 Å². The molecule has 1 atom stereocenters. The molecule has 18 heavy (non-hydrogen) atoms. The van der Waals surface area contributed by atoms with Crippen molar-refractivity contribution in [3.8, 4) is 0 Å². The maximum Gasteiger partial charge on any atom is 0.326 e. The summed E-state index contributed by atoms with van der Waals surface area (Å²) in [5.41, 5.74) is 0. The lowest BCUT2D eigenvalue weighted by Crippen LogP contribution is -2.49. The second-order valence-electron chi connectivity index (χ2n) is 4.29. The molecule has 0 aromatic rings. The van der Waals surface area contributed by atoms with Crippen molar-refractivity contribution in [2.24, 2.45) is 0 Å². The van der Waals surface area contributed by atoms with Crippen LogP contribution in [0.1, 0.15) is 19.3 Å². The van der Waals surface area contributed by atoms with Crippen LogP contribution in [-0.4, -0.2) is 52.6 Å². The standard InChI is InChI=1S/C12H20N2O3S/c1-3-7-14(9-4-5-9)12(17)13-10(11(15)16)6-8-18-2/h3,9-10H,1,4-8H2,2H3,(H,13,17)(H,15,16)/t10-/m1/s1. The maximum absolute atomic E-state index is 12.0. The van der Waals surface area contributed by atoms with E-state index >= 15 is 0 Å². The first-order valence-electron chi connectivity index (χ1n) is 6.00. The number of thioether (sulfide) groups is 1. The van der Waals surface area contributed by atoms with Crippen molar-refractivity contribution < 1.29 is 14.7 Å². The van der Waals surface area contributed by atoms with E-state index in [2.05, 4.69) is 11.9 Å². The number of hydrogen-bond donors (Lipinski definition) is 2. The molecule has 1 aliphatic rings. The summed E-state index contributed by atoms with van der Waals surface area (Å²) in [5.74, 6) is -0.269. The predicted molar refractivity (Wildman–Crippen MR) is 72.9 cm³/mol. The normalized spacial score (nSPS) is 15.8. The number of nitrogens with zero attached hydrogens (tertiary/aromatic N) is 1. The summed E-state index contributed by atoms with van der Waals surface area (Å²) in [6.07, 6.45) is 5.99. The van der Waals surface area contributed by atoms with Gasteiger partial charge in [0.25, 0.3) is 0 Å². The second kappa shape index (κ2) is 7.31. The molecule has 0 aromatic carbocycles. The van der Waals surface area contributed by atoms with Gasteiger partial charge in [-0.3, -0.25) is 0 Å². The average molecular weight is 272 g/mol. The summed E-state index contributed by atoms with van der Waals surface area (Å²) >= 11 is 1.57. The zero-order chi connectivity index (χ0) is 13.5. The van der Waals surface area contributed by atoms with E-state index in [9.17, 15) is 9.59 Å². The van der Waals surface area contributed by atoms with Crippen LogP contribution in [0.3, 0.4) is 0 Å². The number of amides is 2. The van der Waals surface area contributed by atoms with Crippen molar-refractivity contribution in [1.29, 1.82) is 0 Å². The smallest absolute Gasteiger partial charge is 0.326 e. The van der Waals surface area contributed by atoms with E-state index in [-0.39, 0.29) is 12.1 Å². The highest BCUT2D eigenvalue weighted by Crippen LogP contribution is 2.26. The van der Waals surface area contributed by atoms with Crippen molar-refractivity contribution >= 4 is 23.8 Å². The third kappa shape index (κ3) is 4.60. The minimum atomic E-state index is -0.980. The molecule has 0 unspecified atom stereocenters. The van der Waals surface area contributed by atoms with Crippen LogP contribution in [0.15, 0.2) is 12.7 Å². The number of nitrogens with one attached hydrogen (secondary N) is 1. The first-order chi connectivity index (χ1) is 8.60. The van der Waals surface area contributed by atoms with Crippen molar-refractivity contribution in [2.75, 3.05) is 18.6 Å². The van der Waals surface area contributed by atoms with Gasteiger partial charge in [-0.15, -0.1) is 6.58 Å². The van der Waals surface area contributed by atoms with E-state index in [0.29, 0.717) is 18.7 Å². The van der Waals surface area contributed by atoms with Gasteiger partial charge in [-0.2, -0.15) is 11.8 Å². The Morgan fingerprint density at radius 3 is 2.72 bits per heavy atom. The molecule has 0 spiro atoms. The number of urea groups is 1. The minimum absolute atomic E-state index is 0.248. The highest BCUT2D eigenvalue weighted by Gasteiger charge is 2.33. The van der Waals surface area contributed by atoms with Gasteiger partial charge in [-0.25, -0.2) is 9.59 Å². The van der Waals surface area contributed by atoms with Gasteiger partial charge in [-0.1, -0.05) is 6.08 Å². The fraction of sp³-hybridized carbons (Fsp3) is 0.667. The third-order valence-corrected chi connectivity index (χ3v) is 3.42. The highest BCUT2D eigenvalue weighted by atomic mass is 32.2. The van der Waals surface area contributed by atoms with E-state index in [1.54, 1.807) is 22.7 Å². The van der Waals surface area contributed by atoms with E-state index in [1.807, 2.05) is 6.26 Å². The predicted octanol–water partition coefficient (Wildman–Crippen LogP) is 1.55. The molecule has 1 saturated carbocycles. The van der Waals surface area contributed by atoms with E-state index in [4.69, 9.17) is 5.11 Å². The molecule has 0 bridgehead atoms. The summed E-state index contributed by atoms with van der Waals surface area (Å²) in [4.78, 5) is 24.7. The van der Waals surface area contributed by atoms with Crippen LogP contribution in [0.25, 0.3) is 0 Å². The SMILES string of the molecule is C=CCN(C(=O)N[C@H](CCSC)C(=O)O)C1CC1. The summed E-state index contributed by atoms with van der Waals surface area (Å²) in [5, 5.41) is 11.6. The molecule has 0 radical (unpaired) electrons. The molecule has 1 fully saturated rings. The second-order valence-corrected chi connectivity index (χ2v) is 5.28. The molecule has 1 aliphatic carbocycles. The Labute approximate surface area is 112 Å². The first kappa shape index (κ1) is 14.9. The van der Waals surface area contributed by atoms with E-state index in [1.165, 1.54) is 0 Å². The van der Waals surface area contributed by atoms with Crippen molar-refractivity contribution in [1.82, 2.24) is 10.2 Å². The monoisotopic (exact) mass is 272 g/mol. The number of carbonyl (C=O) groups is 2. The molecule has 2 N–H and O–H groups in total. The number of hydrogen-bond acceptors (Lipinski definition) is 3. The molecule has 0 aromatic heterocycles. The summed E-state index contributed by atoms with van der Waals surface area (Å²) < 4.78 is 0. The van der Waals surface area contributed by atoms with Gasteiger partial charge >= 0.3 is 12.0 Å². The zero-order valence-electron chi connectivity index (χ0n) is 10.6. The lowest BCUT2D eigenvalue weighted by atomic mass is 10.2. The molecule has 102 valence electrons. The Morgan fingerprint density at radius 2 is 2.28 bits per heavy atom. The topological polar surface area (TPSA) is 69.6 Å². The molecule has 0 heterocycles. The van der Waals surface area contributed by atoms with Gasteiger partial charge in [-0.05, 0) is 31.3 Å². The lowest BCUT2D eigenvalue weighted by molar-refractivity contribution is -0.139. The number of carbonyl (C=O) groups excluding carboxylic acids is 1. The number of aliphatic carboxylic acids is 1. The van der Waals surface area contributed by atoms with Gasteiger partial charge in [0.05, 0.1) is 0 Å². The summed E-state index contributed by atoms with van der Waals surface area (Å²) in [7, 11) is 0. The van der Waals surface area contributed by atoms with Gasteiger partial charge in [0, 0.05) is 12.6 Å². The first-order valence-corrected chi connectivity index (χ1v) is 7.39. The van der Waals surface area contributed by atoms with Crippen molar-refractivity contribution in [3.63, 3.8) is 0 Å². The van der Waals surface area contributed by atoms with E-state index in [0.717, 1.165) is 12.8 Å². The van der Waals surface area contributed by atoms with Gasteiger partial charge in [0.1, 0.15) is 6.04 Å². The van der Waals surface area contributed by atoms with Crippen LogP contribution in [0.2, 0.25) is 0 Å². The van der Waals surface area contributed by atoms with Crippen LogP contribution in [0.4, 0.5) is 4.79 Å². The highest BCUT2D eigenvalue weighted by molar-refractivity contribution is 7.98. The molecule has 5 nitrogen and oxygen atoms in total. The third-order valence-electron chi connectivity index (χ3n) is 2.78. The molecule has 6 heteroatoms. The summed E-state index contributed by atoms with van der Waals surface area (Å²) in [6, 6.07) is -0.861. The number of rotatable bonds is 8. The fourth-order valence-electron chi connectivity index (χ4n) is 1.65. The van der Waals surface area contributed by atoms with Crippen molar-refractivity contribution in [2.45, 2.75) is 31.3 Å². The molecular weight excluding hydrogens is 252 g/mol. The number of carboxylic acids is 1. The maximum atomic E-state index is 12.0. The van der Waals surface area contributed by atoms with Gasteiger partial charge in [0.2, 0.25) is 0 Å². The Balaban J connectivity index is 2.52. The largest absolute Gasteiger partial charge is 0.480 e. The van der Waals surface area contributed by atoms with Crippen LogP contribution in [-0.2, 0) is 4.79 Å². The molecule has 0 aliphatic heterocycles. The Bertz CT molecular complexity index is 318. The van der Waals surface area contributed by atoms with Crippen LogP contribution < -0.4 is 5.32 Å². The lowest BCUT2D eigenvalue weighted by Gasteiger charge is -2.23. The van der Waals surface area contributed by atoms with Crippen LogP contribution in [0, 0.1) is 0 Å².